The lowest BCUT2D eigenvalue weighted by Crippen LogP contribution is -2.44. The van der Waals surface area contributed by atoms with Crippen LogP contribution in [-0.2, 0) is 10.8 Å². The third-order valence-electron chi connectivity index (χ3n) is 8.86. The minimum atomic E-state index is 0.186. The van der Waals surface area contributed by atoms with E-state index >= 15 is 0 Å². The quantitative estimate of drug-likeness (QED) is 0.402. The van der Waals surface area contributed by atoms with E-state index < -0.39 is 0 Å². The first kappa shape index (κ1) is 21.7. The molecule has 0 heterocycles. The molecule has 2 aromatic carbocycles. The third kappa shape index (κ3) is 3.45. The van der Waals surface area contributed by atoms with Gasteiger partial charge in [0.25, 0.3) is 0 Å². The number of aryl methyl sites for hydroxylation is 1. The van der Waals surface area contributed by atoms with Crippen molar-refractivity contribution in [3.63, 3.8) is 0 Å². The number of hydrogen-bond donors (Lipinski definition) is 0. The molecule has 0 nitrogen and oxygen atoms in total. The highest BCUT2D eigenvalue weighted by molar-refractivity contribution is 9.10. The van der Waals surface area contributed by atoms with Crippen LogP contribution < -0.4 is 0 Å². The lowest BCUT2D eigenvalue weighted by molar-refractivity contribution is 0.137. The van der Waals surface area contributed by atoms with Gasteiger partial charge in [0.05, 0.1) is 0 Å². The van der Waals surface area contributed by atoms with Crippen molar-refractivity contribution in [1.82, 2.24) is 0 Å². The summed E-state index contributed by atoms with van der Waals surface area (Å²) in [6, 6.07) is 12.6. The summed E-state index contributed by atoms with van der Waals surface area (Å²) in [6.07, 6.45) is 14.1. The normalized spacial score (nSPS) is 21.7. The molecule has 0 atom stereocenters. The first-order chi connectivity index (χ1) is 14.8. The molecule has 0 radical (unpaired) electrons. The van der Waals surface area contributed by atoms with Crippen LogP contribution >= 0.6 is 15.9 Å². The smallest absolute Gasteiger partial charge is 0.0271 e. The molecular formula is C30H39Br. The molecule has 1 heteroatoms. The summed E-state index contributed by atoms with van der Waals surface area (Å²) in [5.74, 6) is 1.58. The Kier molecular flexibility index (Phi) is 5.65. The Morgan fingerprint density at radius 1 is 0.742 bits per heavy atom. The molecular weight excluding hydrogens is 440 g/mol. The molecule has 5 rings (SSSR count). The molecule has 0 aliphatic heterocycles. The molecule has 31 heavy (non-hydrogen) atoms. The van der Waals surface area contributed by atoms with E-state index in [0.717, 1.165) is 11.8 Å². The van der Waals surface area contributed by atoms with Gasteiger partial charge in [0, 0.05) is 9.89 Å². The van der Waals surface area contributed by atoms with E-state index in [-0.39, 0.29) is 10.8 Å². The Labute approximate surface area is 198 Å². The fourth-order valence-corrected chi connectivity index (χ4v) is 7.65. The minimum Gasteiger partial charge on any atom is -0.0579 e. The van der Waals surface area contributed by atoms with E-state index in [9.17, 15) is 0 Å². The Morgan fingerprint density at radius 2 is 1.29 bits per heavy atom. The first-order valence-electron chi connectivity index (χ1n) is 12.8. The lowest BCUT2D eigenvalue weighted by atomic mass is 9.54. The molecule has 0 unspecified atom stereocenters. The number of hydrogen-bond acceptors (Lipinski definition) is 0. The van der Waals surface area contributed by atoms with Gasteiger partial charge in [-0.2, -0.15) is 0 Å². The molecule has 0 bridgehead atoms. The van der Waals surface area contributed by atoms with Gasteiger partial charge in [-0.3, -0.25) is 0 Å². The number of benzene rings is 2. The maximum Gasteiger partial charge on any atom is 0.0271 e. The summed E-state index contributed by atoms with van der Waals surface area (Å²) in [7, 11) is 0. The molecule has 0 N–H and O–H groups in total. The molecule has 0 spiro atoms. The van der Waals surface area contributed by atoms with Crippen molar-refractivity contribution in [3.05, 3.63) is 57.1 Å². The van der Waals surface area contributed by atoms with Gasteiger partial charge in [0.1, 0.15) is 0 Å². The second kappa shape index (κ2) is 8.05. The Hall–Kier alpha value is -1.08. The first-order valence-corrected chi connectivity index (χ1v) is 13.6. The maximum atomic E-state index is 3.88. The van der Waals surface area contributed by atoms with Crippen molar-refractivity contribution in [2.45, 2.75) is 103 Å². The third-order valence-corrected chi connectivity index (χ3v) is 9.72. The topological polar surface area (TPSA) is 0 Å². The van der Waals surface area contributed by atoms with Crippen molar-refractivity contribution in [2.24, 2.45) is 11.8 Å². The van der Waals surface area contributed by atoms with E-state index in [1.165, 1.54) is 90.9 Å². The standard InChI is InChI=1S/C30H39Br/c1-20-17-26-25(19-28(20)31)24-16-15-23(29(2,3)4)18-27(24)30(26,21-11-7-5-8-12-21)22-13-9-6-10-14-22/h15-19,21-22H,5-14H2,1-4H3. The SMILES string of the molecule is Cc1cc2c(cc1Br)-c1ccc(C(C)(C)C)cc1C2(C1CCCCC1)C1CCCCC1. The van der Waals surface area contributed by atoms with Crippen molar-refractivity contribution in [3.8, 4) is 11.1 Å². The van der Waals surface area contributed by atoms with Crippen LogP contribution in [0.3, 0.4) is 0 Å². The minimum absolute atomic E-state index is 0.186. The molecule has 0 amide bonds. The predicted octanol–water partition coefficient (Wildman–Crippen LogP) is 9.48. The average Bonchev–Trinajstić information content (AvgIpc) is 3.04. The summed E-state index contributed by atoms with van der Waals surface area (Å²) in [5.41, 5.74) is 9.72. The molecule has 2 aromatic rings. The zero-order valence-electron chi connectivity index (χ0n) is 20.0. The maximum absolute atomic E-state index is 3.88. The van der Waals surface area contributed by atoms with Crippen LogP contribution in [0.25, 0.3) is 11.1 Å². The Morgan fingerprint density at radius 3 is 1.84 bits per heavy atom. The summed E-state index contributed by atoms with van der Waals surface area (Å²) < 4.78 is 1.26. The van der Waals surface area contributed by atoms with E-state index in [1.807, 2.05) is 0 Å². The average molecular weight is 480 g/mol. The van der Waals surface area contributed by atoms with Crippen molar-refractivity contribution in [1.29, 1.82) is 0 Å². The molecule has 0 aromatic heterocycles. The van der Waals surface area contributed by atoms with Gasteiger partial charge in [0.2, 0.25) is 0 Å². The van der Waals surface area contributed by atoms with Gasteiger partial charge in [-0.05, 0) is 89.3 Å². The van der Waals surface area contributed by atoms with Crippen LogP contribution in [0.5, 0.6) is 0 Å². The van der Waals surface area contributed by atoms with Gasteiger partial charge in [-0.1, -0.05) is 99.5 Å². The van der Waals surface area contributed by atoms with Gasteiger partial charge in [0.15, 0.2) is 0 Å². The van der Waals surface area contributed by atoms with E-state index in [4.69, 9.17) is 0 Å². The van der Waals surface area contributed by atoms with Crippen molar-refractivity contribution in [2.75, 3.05) is 0 Å². The van der Waals surface area contributed by atoms with Crippen LogP contribution in [-0.4, -0.2) is 0 Å². The van der Waals surface area contributed by atoms with Gasteiger partial charge in [-0.25, -0.2) is 0 Å². The van der Waals surface area contributed by atoms with Crippen molar-refractivity contribution >= 4 is 15.9 Å². The summed E-state index contributed by atoms with van der Waals surface area (Å²) in [4.78, 5) is 0. The van der Waals surface area contributed by atoms with Crippen molar-refractivity contribution < 1.29 is 0 Å². The summed E-state index contributed by atoms with van der Waals surface area (Å²) >= 11 is 3.88. The molecule has 0 saturated heterocycles. The zero-order chi connectivity index (χ0) is 21.8. The Balaban J connectivity index is 1.82. The highest BCUT2D eigenvalue weighted by atomic mass is 79.9. The lowest BCUT2D eigenvalue weighted by Gasteiger charge is -2.49. The van der Waals surface area contributed by atoms with Gasteiger partial charge < -0.3 is 0 Å². The number of rotatable bonds is 2. The van der Waals surface area contributed by atoms with Crippen LogP contribution in [0, 0.1) is 18.8 Å². The molecule has 3 aliphatic rings. The molecule has 2 saturated carbocycles. The fourth-order valence-electron chi connectivity index (χ4n) is 7.31. The van der Waals surface area contributed by atoms with E-state index in [2.05, 4.69) is 74.0 Å². The largest absolute Gasteiger partial charge is 0.0579 e. The highest BCUT2D eigenvalue weighted by Crippen LogP contribution is 2.62. The second-order valence-electron chi connectivity index (χ2n) is 11.7. The van der Waals surface area contributed by atoms with Gasteiger partial charge in [-0.15, -0.1) is 0 Å². The highest BCUT2D eigenvalue weighted by Gasteiger charge is 2.53. The second-order valence-corrected chi connectivity index (χ2v) is 12.6. The summed E-state index contributed by atoms with van der Waals surface area (Å²) in [6.45, 7) is 9.42. The monoisotopic (exact) mass is 478 g/mol. The van der Waals surface area contributed by atoms with Crippen LogP contribution in [0.15, 0.2) is 34.8 Å². The molecule has 2 fully saturated rings. The number of halogens is 1. The van der Waals surface area contributed by atoms with Gasteiger partial charge >= 0.3 is 0 Å². The molecule has 3 aliphatic carbocycles. The van der Waals surface area contributed by atoms with E-state index in [0.29, 0.717) is 0 Å². The fraction of sp³-hybridized carbons (Fsp3) is 0.600. The Bertz CT molecular complexity index is 947. The van der Waals surface area contributed by atoms with Crippen LogP contribution in [0.4, 0.5) is 0 Å². The zero-order valence-corrected chi connectivity index (χ0v) is 21.6. The van der Waals surface area contributed by atoms with Crippen LogP contribution in [0.2, 0.25) is 0 Å². The summed E-state index contributed by atoms with van der Waals surface area (Å²) in [5, 5.41) is 0. The molecule has 166 valence electrons. The van der Waals surface area contributed by atoms with Crippen LogP contribution in [0.1, 0.15) is 107 Å². The predicted molar refractivity (Wildman–Crippen MR) is 137 cm³/mol. The van der Waals surface area contributed by atoms with E-state index in [1.54, 1.807) is 11.1 Å². The number of fused-ring (bicyclic) bond motifs is 3.